The molecule has 14 nitrogen and oxygen atoms in total. The second-order valence-electron chi connectivity index (χ2n) is 8.69. The Kier molecular flexibility index (Phi) is 13.5. The Morgan fingerprint density at radius 2 is 1.55 bits per heavy atom. The molecular weight excluding hydrogens is 656 g/mol. The van der Waals surface area contributed by atoms with Crippen LogP contribution >= 0.6 is 18.9 Å². The number of nitrogens with one attached hydrogen (secondary N) is 2. The highest BCUT2D eigenvalue weighted by molar-refractivity contribution is 7.92. The third-order valence-electron chi connectivity index (χ3n) is 5.14. The smallest absolute Gasteiger partial charge is 0.490 e. The van der Waals surface area contributed by atoms with Gasteiger partial charge < -0.3 is 41.2 Å². The number of carbonyl (C=O) groups is 2. The SMILES string of the molecule is NCCCOc1ccc(C(=O)Nc2ccc3sc(S(=O)(=O)NCP(=O)(O)O)cc3c2)cc1OCCCN.O=C(O)C(F)(F)F. The van der Waals surface area contributed by atoms with Crippen LogP contribution in [0.15, 0.2) is 46.7 Å². The summed E-state index contributed by atoms with van der Waals surface area (Å²) in [6, 6.07) is 11.1. The Balaban J connectivity index is 0.000000860. The van der Waals surface area contributed by atoms with Crippen molar-refractivity contribution in [3.8, 4) is 11.5 Å². The van der Waals surface area contributed by atoms with Crippen LogP contribution in [0.2, 0.25) is 0 Å². The number of nitrogens with two attached hydrogens (primary N) is 2. The number of benzene rings is 2. The Morgan fingerprint density at radius 1 is 0.955 bits per heavy atom. The number of carboxylic acids is 1. The first-order valence-electron chi connectivity index (χ1n) is 12.5. The average Bonchev–Trinajstić information content (AvgIpc) is 3.37. The summed E-state index contributed by atoms with van der Waals surface area (Å²) < 4.78 is 81.4. The fourth-order valence-corrected chi connectivity index (χ4v) is 6.52. The predicted molar refractivity (Wildman–Crippen MR) is 155 cm³/mol. The molecule has 0 bridgehead atoms. The van der Waals surface area contributed by atoms with Gasteiger partial charge in [-0.15, -0.1) is 11.3 Å². The van der Waals surface area contributed by atoms with Crippen molar-refractivity contribution in [3.63, 3.8) is 0 Å². The number of amides is 1. The van der Waals surface area contributed by atoms with Crippen LogP contribution in [0.3, 0.4) is 0 Å². The fraction of sp³-hybridized carbons (Fsp3) is 0.333. The molecule has 0 fully saturated rings. The van der Waals surface area contributed by atoms with Crippen molar-refractivity contribution >= 4 is 56.6 Å². The number of ether oxygens (including phenoxy) is 2. The van der Waals surface area contributed by atoms with E-state index in [0.717, 1.165) is 11.3 Å². The molecule has 0 radical (unpaired) electrons. The van der Waals surface area contributed by atoms with Gasteiger partial charge in [-0.2, -0.15) is 17.9 Å². The van der Waals surface area contributed by atoms with Crippen LogP contribution in [0, 0.1) is 0 Å². The summed E-state index contributed by atoms with van der Waals surface area (Å²) in [5.41, 5.74) is 11.8. The minimum atomic E-state index is -5.08. The topological polar surface area (TPSA) is 241 Å². The summed E-state index contributed by atoms with van der Waals surface area (Å²) in [5, 5.41) is 10.4. The predicted octanol–water partition coefficient (Wildman–Crippen LogP) is 2.66. The number of alkyl halides is 3. The number of carboxylic acid groups (broad SMARTS) is 1. The van der Waals surface area contributed by atoms with Crippen LogP contribution in [-0.4, -0.2) is 74.0 Å². The minimum Gasteiger partial charge on any atom is -0.490 e. The summed E-state index contributed by atoms with van der Waals surface area (Å²) in [7, 11) is -8.67. The summed E-state index contributed by atoms with van der Waals surface area (Å²) in [5.74, 6) is -2.28. The van der Waals surface area contributed by atoms with Crippen LogP contribution in [0.1, 0.15) is 23.2 Å². The molecule has 0 aliphatic carbocycles. The highest BCUT2D eigenvalue weighted by Gasteiger charge is 2.38. The van der Waals surface area contributed by atoms with Crippen LogP contribution < -0.4 is 31.0 Å². The lowest BCUT2D eigenvalue weighted by Crippen LogP contribution is -2.23. The molecule has 3 aromatic rings. The molecule has 20 heteroatoms. The molecule has 0 aliphatic rings. The number of anilines is 1. The molecule has 0 unspecified atom stereocenters. The molecule has 0 saturated carbocycles. The Labute approximate surface area is 253 Å². The quantitative estimate of drug-likeness (QED) is 0.0957. The Hall–Kier alpha value is -3.29. The molecule has 3 rings (SSSR count). The van der Waals surface area contributed by atoms with Gasteiger partial charge in [-0.3, -0.25) is 9.36 Å². The molecule has 1 heterocycles. The maximum Gasteiger partial charge on any atom is 0.490 e. The molecule has 0 atom stereocenters. The van der Waals surface area contributed by atoms with Crippen LogP contribution in [0.25, 0.3) is 10.1 Å². The van der Waals surface area contributed by atoms with Crippen molar-refractivity contribution in [2.24, 2.45) is 11.5 Å². The zero-order valence-electron chi connectivity index (χ0n) is 22.7. The Morgan fingerprint density at radius 3 is 2.09 bits per heavy atom. The molecule has 2 aromatic carbocycles. The van der Waals surface area contributed by atoms with Gasteiger partial charge in [0.2, 0.25) is 0 Å². The molecule has 44 heavy (non-hydrogen) atoms. The third-order valence-corrected chi connectivity index (χ3v) is 8.91. The molecule has 9 N–H and O–H groups in total. The van der Waals surface area contributed by atoms with Crippen molar-refractivity contribution in [1.29, 1.82) is 0 Å². The van der Waals surface area contributed by atoms with E-state index in [1.165, 1.54) is 6.07 Å². The lowest BCUT2D eigenvalue weighted by molar-refractivity contribution is -0.192. The van der Waals surface area contributed by atoms with E-state index in [4.69, 9.17) is 40.6 Å². The van der Waals surface area contributed by atoms with Crippen LogP contribution in [-0.2, 0) is 19.4 Å². The zero-order chi connectivity index (χ0) is 33.1. The van der Waals surface area contributed by atoms with Gasteiger partial charge in [-0.05, 0) is 73.8 Å². The number of sulfonamides is 1. The second kappa shape index (κ2) is 16.1. The molecule has 0 spiro atoms. The first-order chi connectivity index (χ1) is 20.5. The first-order valence-corrected chi connectivity index (χ1v) is 16.6. The third kappa shape index (κ3) is 12.0. The lowest BCUT2D eigenvalue weighted by Gasteiger charge is -2.14. The monoisotopic (exact) mass is 686 g/mol. The van der Waals surface area contributed by atoms with Crippen molar-refractivity contribution in [3.05, 3.63) is 48.0 Å². The number of hydrogen-bond donors (Lipinski definition) is 7. The maximum atomic E-state index is 12.9. The van der Waals surface area contributed by atoms with Crippen LogP contribution in [0.5, 0.6) is 11.5 Å². The van der Waals surface area contributed by atoms with Gasteiger partial charge in [-0.25, -0.2) is 13.2 Å². The summed E-state index contributed by atoms with van der Waals surface area (Å²) in [4.78, 5) is 39.7. The van der Waals surface area contributed by atoms with E-state index < -0.39 is 42.0 Å². The first kappa shape index (κ1) is 36.9. The van der Waals surface area contributed by atoms with E-state index >= 15 is 0 Å². The minimum absolute atomic E-state index is 0.107. The Bertz CT molecular complexity index is 1600. The van der Waals surface area contributed by atoms with Crippen molar-refractivity contribution in [1.82, 2.24) is 4.72 Å². The van der Waals surface area contributed by atoms with Gasteiger partial charge in [0.25, 0.3) is 15.9 Å². The van der Waals surface area contributed by atoms with E-state index in [0.29, 0.717) is 72.0 Å². The largest absolute Gasteiger partial charge is 0.490 e. The van der Waals surface area contributed by atoms with Gasteiger partial charge in [0.1, 0.15) is 10.5 Å². The summed E-state index contributed by atoms with van der Waals surface area (Å²) >= 11 is 0.936. The molecule has 1 amide bonds. The number of halogens is 3. The summed E-state index contributed by atoms with van der Waals surface area (Å²) in [6.45, 7) is 1.70. The van der Waals surface area contributed by atoms with E-state index in [1.807, 2.05) is 4.72 Å². The number of aliphatic carboxylic acids is 1. The number of hydrogen-bond acceptors (Lipinski definition) is 10. The van der Waals surface area contributed by atoms with Gasteiger partial charge in [0, 0.05) is 16.0 Å². The molecular formula is C24H30F3N4O10PS2. The number of fused-ring (bicyclic) bond motifs is 1. The van der Waals surface area contributed by atoms with Gasteiger partial charge in [0.15, 0.2) is 11.5 Å². The number of rotatable bonds is 14. The van der Waals surface area contributed by atoms with Gasteiger partial charge in [0.05, 0.1) is 13.2 Å². The highest BCUT2D eigenvalue weighted by Crippen LogP contribution is 2.35. The second-order valence-corrected chi connectivity index (χ2v) is 13.4. The maximum absolute atomic E-state index is 12.9. The van der Waals surface area contributed by atoms with E-state index in [2.05, 4.69) is 5.32 Å². The van der Waals surface area contributed by atoms with E-state index in [-0.39, 0.29) is 4.21 Å². The van der Waals surface area contributed by atoms with Gasteiger partial charge in [-0.1, -0.05) is 0 Å². The number of carbonyl (C=O) groups excluding carboxylic acids is 1. The van der Waals surface area contributed by atoms with E-state index in [1.54, 1.807) is 36.4 Å². The van der Waals surface area contributed by atoms with Crippen molar-refractivity contribution in [2.75, 3.05) is 37.9 Å². The molecule has 0 saturated heterocycles. The highest BCUT2D eigenvalue weighted by atomic mass is 32.2. The van der Waals surface area contributed by atoms with E-state index in [9.17, 15) is 30.9 Å². The lowest BCUT2D eigenvalue weighted by atomic mass is 10.1. The standard InChI is InChI=1S/C22H29N4O8PS2.C2HF3O2/c23-7-1-9-33-18-5-3-15(12-19(18)34-10-2-8-24)22(27)26-17-4-6-20-16(11-17)13-21(36-20)37(31,32)25-14-35(28,29)30;3-2(4,5)1(6)7/h3-6,11-13,25H,1-2,7-10,14,23-24H2,(H,26,27)(H2,28,29,30);(H,6,7). The average molecular weight is 687 g/mol. The molecule has 244 valence electrons. The van der Waals surface area contributed by atoms with Crippen LogP contribution in [0.4, 0.5) is 18.9 Å². The normalized spacial score (nSPS) is 11.9. The summed E-state index contributed by atoms with van der Waals surface area (Å²) in [6.07, 6.45) is -4.79. The number of thiophene rings is 1. The van der Waals surface area contributed by atoms with Gasteiger partial charge >= 0.3 is 19.7 Å². The molecule has 1 aromatic heterocycles. The fourth-order valence-electron chi connectivity index (χ4n) is 3.08. The molecule has 0 aliphatic heterocycles. The van der Waals surface area contributed by atoms with Crippen molar-refractivity contribution in [2.45, 2.75) is 23.2 Å². The van der Waals surface area contributed by atoms with Crippen molar-refractivity contribution < 1.29 is 60.1 Å². The zero-order valence-corrected chi connectivity index (χ0v) is 25.3.